The van der Waals surface area contributed by atoms with Crippen molar-refractivity contribution in [3.63, 3.8) is 0 Å². The van der Waals surface area contributed by atoms with E-state index in [-0.39, 0.29) is 5.58 Å². The van der Waals surface area contributed by atoms with E-state index in [1.54, 1.807) is 18.2 Å². The van der Waals surface area contributed by atoms with Crippen LogP contribution in [0.4, 0.5) is 30.2 Å². The van der Waals surface area contributed by atoms with Crippen LogP contribution in [-0.2, 0) is 10.1 Å². The molecule has 0 aliphatic heterocycles. The van der Waals surface area contributed by atoms with E-state index < -0.39 is 21.4 Å². The lowest BCUT2D eigenvalue weighted by Gasteiger charge is -2.26. The van der Waals surface area contributed by atoms with Crippen molar-refractivity contribution in [1.82, 2.24) is 4.57 Å². The summed E-state index contributed by atoms with van der Waals surface area (Å²) in [6.45, 7) is 0. The van der Waals surface area contributed by atoms with Crippen LogP contribution < -0.4 is 9.08 Å². The molecule has 8 aromatic rings. The second-order valence-electron chi connectivity index (χ2n) is 10.9. The SMILES string of the molecule is O=S(=O)(Oc1cc(N(c2ccccc2)c2ccccc2)cc2c1oc1cccc(-n3c4ccccc4c4ccccc43)c12)C(F)(F)F. The number of halogens is 3. The topological polar surface area (TPSA) is 64.7 Å². The number of alkyl halides is 3. The van der Waals surface area contributed by atoms with Crippen LogP contribution >= 0.6 is 0 Å². The van der Waals surface area contributed by atoms with Gasteiger partial charge in [0.2, 0.25) is 0 Å². The Bertz CT molecular complexity index is 2470. The highest BCUT2D eigenvalue weighted by Crippen LogP contribution is 2.46. The third kappa shape index (κ3) is 4.68. The molecule has 10 heteroatoms. The fraction of sp³-hybridized carbons (Fsp3) is 0.0270. The smallest absolute Gasteiger partial charge is 0.452 e. The highest BCUT2D eigenvalue weighted by Gasteiger charge is 2.49. The number of benzene rings is 6. The quantitative estimate of drug-likeness (QED) is 0.133. The van der Waals surface area contributed by atoms with Gasteiger partial charge in [0, 0.05) is 33.6 Å². The van der Waals surface area contributed by atoms with E-state index in [0.29, 0.717) is 39.1 Å². The number of aromatic nitrogens is 1. The molecule has 0 atom stereocenters. The summed E-state index contributed by atoms with van der Waals surface area (Å²) in [6, 6.07) is 42.7. The normalized spacial score (nSPS) is 12.3. The molecule has 0 saturated heterocycles. The van der Waals surface area contributed by atoms with Gasteiger partial charge < -0.3 is 18.1 Å². The van der Waals surface area contributed by atoms with Gasteiger partial charge in [-0.15, -0.1) is 0 Å². The Labute approximate surface area is 266 Å². The van der Waals surface area contributed by atoms with E-state index in [9.17, 15) is 21.6 Å². The molecule has 6 nitrogen and oxygen atoms in total. The third-order valence-corrected chi connectivity index (χ3v) is 9.08. The molecule has 0 bridgehead atoms. The van der Waals surface area contributed by atoms with E-state index in [1.807, 2.05) is 120 Å². The standard InChI is InChI=1S/C37H23F3N2O4S/c38-37(39,40)47(43,44)46-34-23-26(41(24-12-3-1-4-13-24)25-14-5-2-6-15-25)22-29-35-32(20-11-21-33(35)45-36(29)34)42-30-18-9-7-16-27(30)28-17-8-10-19-31(28)42/h1-23H. The lowest BCUT2D eigenvalue weighted by Crippen LogP contribution is -2.28. The maximum atomic E-state index is 13.7. The van der Waals surface area contributed by atoms with Gasteiger partial charge >= 0.3 is 15.6 Å². The Hall–Kier alpha value is -5.74. The maximum Gasteiger partial charge on any atom is 0.534 e. The van der Waals surface area contributed by atoms with Crippen molar-refractivity contribution in [1.29, 1.82) is 0 Å². The molecule has 8 rings (SSSR count). The van der Waals surface area contributed by atoms with Crippen molar-refractivity contribution in [2.45, 2.75) is 5.51 Å². The number of hydrogen-bond acceptors (Lipinski definition) is 5. The van der Waals surface area contributed by atoms with Crippen LogP contribution in [0.5, 0.6) is 5.75 Å². The van der Waals surface area contributed by atoms with Crippen molar-refractivity contribution in [3.05, 3.63) is 140 Å². The largest absolute Gasteiger partial charge is 0.534 e. The summed E-state index contributed by atoms with van der Waals surface area (Å²) in [4.78, 5) is 1.81. The minimum atomic E-state index is -6.05. The van der Waals surface area contributed by atoms with Crippen LogP contribution in [0.15, 0.2) is 144 Å². The Morgan fingerprint density at radius 2 is 1.17 bits per heavy atom. The molecular formula is C37H23F3N2O4S. The van der Waals surface area contributed by atoms with Crippen LogP contribution in [0.3, 0.4) is 0 Å². The molecule has 0 amide bonds. The van der Waals surface area contributed by atoms with Gasteiger partial charge in [-0.05, 0) is 54.6 Å². The second kappa shape index (κ2) is 10.7. The molecule has 47 heavy (non-hydrogen) atoms. The lowest BCUT2D eigenvalue weighted by molar-refractivity contribution is -0.0499. The fourth-order valence-electron chi connectivity index (χ4n) is 6.19. The number of fused-ring (bicyclic) bond motifs is 6. The van der Waals surface area contributed by atoms with E-state index >= 15 is 0 Å². The minimum absolute atomic E-state index is 0.133. The summed E-state index contributed by atoms with van der Waals surface area (Å²) in [6.07, 6.45) is 0. The van der Waals surface area contributed by atoms with Gasteiger partial charge in [-0.1, -0.05) is 78.9 Å². The molecule has 0 saturated carbocycles. The predicted molar refractivity (Wildman–Crippen MR) is 178 cm³/mol. The number of rotatable bonds is 6. The third-order valence-electron chi connectivity index (χ3n) is 8.12. The van der Waals surface area contributed by atoms with Gasteiger partial charge in [0.1, 0.15) is 5.58 Å². The summed E-state index contributed by atoms with van der Waals surface area (Å²) in [7, 11) is -6.05. The Morgan fingerprint density at radius 3 is 1.74 bits per heavy atom. The summed E-state index contributed by atoms with van der Waals surface area (Å²) >= 11 is 0. The molecule has 0 fully saturated rings. The molecule has 0 aliphatic carbocycles. The van der Waals surface area contributed by atoms with E-state index in [1.165, 1.54) is 6.07 Å². The monoisotopic (exact) mass is 648 g/mol. The van der Waals surface area contributed by atoms with Gasteiger partial charge in [0.15, 0.2) is 11.3 Å². The highest BCUT2D eigenvalue weighted by atomic mass is 32.2. The number of furan rings is 1. The van der Waals surface area contributed by atoms with Crippen LogP contribution in [0.1, 0.15) is 0 Å². The number of nitrogens with zero attached hydrogens (tertiary/aromatic N) is 2. The van der Waals surface area contributed by atoms with E-state index in [2.05, 4.69) is 4.57 Å². The fourth-order valence-corrected chi connectivity index (χ4v) is 6.64. The summed E-state index contributed by atoms with van der Waals surface area (Å²) in [5.74, 6) is -0.587. The minimum Gasteiger partial charge on any atom is -0.452 e. The van der Waals surface area contributed by atoms with Gasteiger partial charge in [-0.25, -0.2) is 0 Å². The zero-order chi connectivity index (χ0) is 32.3. The first-order chi connectivity index (χ1) is 22.7. The number of para-hydroxylation sites is 4. The van der Waals surface area contributed by atoms with Gasteiger partial charge in [0.25, 0.3) is 0 Å². The molecule has 2 aromatic heterocycles. The molecular weight excluding hydrogens is 625 g/mol. The maximum absolute atomic E-state index is 13.7. The molecule has 0 radical (unpaired) electrons. The molecule has 0 unspecified atom stereocenters. The van der Waals surface area contributed by atoms with Crippen LogP contribution in [0.2, 0.25) is 0 Å². The molecule has 2 heterocycles. The van der Waals surface area contributed by atoms with E-state index in [4.69, 9.17) is 8.60 Å². The Kier molecular flexibility index (Phi) is 6.52. The lowest BCUT2D eigenvalue weighted by atomic mass is 10.1. The molecule has 0 aliphatic rings. The predicted octanol–water partition coefficient (Wildman–Crippen LogP) is 10.4. The van der Waals surface area contributed by atoms with Crippen LogP contribution in [0.25, 0.3) is 49.4 Å². The Balaban J connectivity index is 1.49. The van der Waals surface area contributed by atoms with Crippen molar-refractivity contribution in [2.24, 2.45) is 0 Å². The average molecular weight is 649 g/mol. The Morgan fingerprint density at radius 1 is 0.617 bits per heavy atom. The van der Waals surface area contributed by atoms with Crippen molar-refractivity contribution >= 4 is 70.9 Å². The molecule has 232 valence electrons. The average Bonchev–Trinajstić information content (AvgIpc) is 3.62. The van der Waals surface area contributed by atoms with Gasteiger partial charge in [-0.3, -0.25) is 0 Å². The number of hydrogen-bond donors (Lipinski definition) is 0. The molecule has 0 spiro atoms. The molecule has 6 aromatic carbocycles. The first-order valence-corrected chi connectivity index (χ1v) is 16.0. The highest BCUT2D eigenvalue weighted by molar-refractivity contribution is 7.88. The van der Waals surface area contributed by atoms with Crippen molar-refractivity contribution in [2.75, 3.05) is 4.90 Å². The van der Waals surface area contributed by atoms with Crippen molar-refractivity contribution in [3.8, 4) is 11.4 Å². The summed E-state index contributed by atoms with van der Waals surface area (Å²) in [5.41, 5.74) is -1.17. The van der Waals surface area contributed by atoms with Gasteiger partial charge in [-0.2, -0.15) is 21.6 Å². The molecule has 0 N–H and O–H groups in total. The first kappa shape index (κ1) is 28.7. The van der Waals surface area contributed by atoms with Crippen molar-refractivity contribution < 1.29 is 30.2 Å². The summed E-state index contributed by atoms with van der Waals surface area (Å²) < 4.78 is 79.1. The zero-order valence-electron chi connectivity index (χ0n) is 24.3. The van der Waals surface area contributed by atoms with Crippen LogP contribution in [-0.4, -0.2) is 18.5 Å². The number of anilines is 3. The van der Waals surface area contributed by atoms with E-state index in [0.717, 1.165) is 21.8 Å². The zero-order valence-corrected chi connectivity index (χ0v) is 25.2. The first-order valence-electron chi connectivity index (χ1n) is 14.6. The summed E-state index contributed by atoms with van der Waals surface area (Å²) in [5, 5.41) is 2.99. The van der Waals surface area contributed by atoms with Gasteiger partial charge in [0.05, 0.1) is 27.8 Å². The van der Waals surface area contributed by atoms with Crippen LogP contribution in [0, 0.1) is 0 Å². The second-order valence-corrected chi connectivity index (χ2v) is 12.5.